The van der Waals surface area contributed by atoms with Gasteiger partial charge in [0.25, 0.3) is 0 Å². The van der Waals surface area contributed by atoms with E-state index in [-0.39, 0.29) is 0 Å². The molecule has 0 aromatic rings. The van der Waals surface area contributed by atoms with Crippen LogP contribution in [0.2, 0.25) is 0 Å². The van der Waals surface area contributed by atoms with Crippen LogP contribution < -0.4 is 5.73 Å². The molecule has 0 aromatic heterocycles. The van der Waals surface area contributed by atoms with E-state index in [0.29, 0.717) is 13.1 Å². The third-order valence-electron chi connectivity index (χ3n) is 2.26. The first kappa shape index (κ1) is 9.92. The highest BCUT2D eigenvalue weighted by Crippen LogP contribution is 2.10. The smallest absolute Gasteiger partial charge is 0.0938 e. The van der Waals surface area contributed by atoms with Crippen molar-refractivity contribution in [1.82, 2.24) is 4.90 Å². The maximum atomic E-state index is 9.21. The molecule has 2 atom stereocenters. The third kappa shape index (κ3) is 2.71. The van der Waals surface area contributed by atoms with Gasteiger partial charge in [0.2, 0.25) is 0 Å². The molecule has 4 nitrogen and oxygen atoms in total. The van der Waals surface area contributed by atoms with Gasteiger partial charge in [-0.15, -0.1) is 0 Å². The second-order valence-electron chi connectivity index (χ2n) is 3.39. The van der Waals surface area contributed by atoms with E-state index in [1.807, 2.05) is 0 Å². The molecule has 1 heterocycles. The number of aliphatic hydroxyl groups is 2. The second kappa shape index (κ2) is 4.77. The van der Waals surface area contributed by atoms with Gasteiger partial charge >= 0.3 is 0 Å². The molecule has 72 valence electrons. The maximum absolute atomic E-state index is 9.21. The van der Waals surface area contributed by atoms with E-state index in [1.54, 1.807) is 0 Å². The Morgan fingerprint density at radius 1 is 1.17 bits per heavy atom. The molecule has 0 aliphatic carbocycles. The number of β-amino-alcohol motifs (C(OH)–C–C–N with tert-alkyl or cyclic N) is 2. The van der Waals surface area contributed by atoms with Crippen LogP contribution in [0.4, 0.5) is 0 Å². The Morgan fingerprint density at radius 3 is 2.25 bits per heavy atom. The summed E-state index contributed by atoms with van der Waals surface area (Å²) in [6.45, 7) is 2.86. The lowest BCUT2D eigenvalue weighted by atomic mass is 10.3. The molecule has 0 aromatic carbocycles. The summed E-state index contributed by atoms with van der Waals surface area (Å²) < 4.78 is 0. The van der Waals surface area contributed by atoms with Crippen LogP contribution in [0.15, 0.2) is 0 Å². The van der Waals surface area contributed by atoms with E-state index in [1.165, 1.54) is 0 Å². The first-order chi connectivity index (χ1) is 5.74. The van der Waals surface area contributed by atoms with Crippen molar-refractivity contribution in [2.24, 2.45) is 5.73 Å². The minimum Gasteiger partial charge on any atom is -0.389 e. The summed E-state index contributed by atoms with van der Waals surface area (Å²) in [5.41, 5.74) is 5.35. The zero-order valence-corrected chi connectivity index (χ0v) is 7.32. The van der Waals surface area contributed by atoms with Crippen LogP contribution >= 0.6 is 0 Å². The Balaban J connectivity index is 2.10. The van der Waals surface area contributed by atoms with Crippen molar-refractivity contribution >= 4 is 0 Å². The number of rotatable bonds is 4. The highest BCUT2D eigenvalue weighted by molar-refractivity contribution is 4.82. The fourth-order valence-corrected chi connectivity index (χ4v) is 1.51. The molecule has 1 aliphatic heterocycles. The molecule has 0 saturated carbocycles. The molecule has 1 saturated heterocycles. The minimum atomic E-state index is -0.553. The molecule has 0 bridgehead atoms. The van der Waals surface area contributed by atoms with Crippen LogP contribution in [0.5, 0.6) is 0 Å². The molecule has 0 spiro atoms. The lowest BCUT2D eigenvalue weighted by Gasteiger charge is -2.13. The number of nitrogens with two attached hydrogens (primary N) is 1. The molecule has 4 N–H and O–H groups in total. The SMILES string of the molecule is NCCCCN1CC(O)C(O)C1. The number of nitrogens with zero attached hydrogens (tertiary/aromatic N) is 1. The molecule has 12 heavy (non-hydrogen) atoms. The Kier molecular flexibility index (Phi) is 3.94. The van der Waals surface area contributed by atoms with Crippen LogP contribution in [0.1, 0.15) is 12.8 Å². The van der Waals surface area contributed by atoms with Crippen molar-refractivity contribution in [2.75, 3.05) is 26.2 Å². The van der Waals surface area contributed by atoms with Crippen LogP contribution in [-0.2, 0) is 0 Å². The molecule has 1 aliphatic rings. The van der Waals surface area contributed by atoms with Crippen molar-refractivity contribution in [3.8, 4) is 0 Å². The van der Waals surface area contributed by atoms with E-state index in [0.717, 1.165) is 25.9 Å². The van der Waals surface area contributed by atoms with E-state index < -0.39 is 12.2 Å². The van der Waals surface area contributed by atoms with Crippen molar-refractivity contribution in [1.29, 1.82) is 0 Å². The zero-order chi connectivity index (χ0) is 8.97. The van der Waals surface area contributed by atoms with E-state index >= 15 is 0 Å². The summed E-state index contributed by atoms with van der Waals surface area (Å²) >= 11 is 0. The van der Waals surface area contributed by atoms with Gasteiger partial charge in [-0.05, 0) is 25.9 Å². The quantitative estimate of drug-likeness (QED) is 0.466. The average Bonchev–Trinajstić information content (AvgIpc) is 2.32. The Bertz CT molecular complexity index is 122. The van der Waals surface area contributed by atoms with Gasteiger partial charge < -0.3 is 15.9 Å². The van der Waals surface area contributed by atoms with Gasteiger partial charge in [-0.25, -0.2) is 0 Å². The molecular formula is C8H18N2O2. The van der Waals surface area contributed by atoms with Gasteiger partial charge in [0.05, 0.1) is 12.2 Å². The predicted octanol–water partition coefficient (Wildman–Crippen LogP) is -1.24. The number of likely N-dealkylation sites (tertiary alicyclic amines) is 1. The topological polar surface area (TPSA) is 69.7 Å². The van der Waals surface area contributed by atoms with Gasteiger partial charge in [0.15, 0.2) is 0 Å². The van der Waals surface area contributed by atoms with Crippen LogP contribution in [0.3, 0.4) is 0 Å². The normalized spacial score (nSPS) is 31.2. The molecule has 1 rings (SSSR count). The predicted molar refractivity (Wildman–Crippen MR) is 46.7 cm³/mol. The van der Waals surface area contributed by atoms with Crippen LogP contribution in [0, 0.1) is 0 Å². The number of unbranched alkanes of at least 4 members (excludes halogenated alkanes) is 1. The molecule has 0 amide bonds. The lowest BCUT2D eigenvalue weighted by Crippen LogP contribution is -2.23. The van der Waals surface area contributed by atoms with Crippen LogP contribution in [-0.4, -0.2) is 53.5 Å². The first-order valence-corrected chi connectivity index (χ1v) is 4.52. The van der Waals surface area contributed by atoms with Gasteiger partial charge in [-0.1, -0.05) is 0 Å². The molecular weight excluding hydrogens is 156 g/mol. The lowest BCUT2D eigenvalue weighted by molar-refractivity contribution is 0.0572. The molecule has 4 heteroatoms. The van der Waals surface area contributed by atoms with Crippen molar-refractivity contribution < 1.29 is 10.2 Å². The van der Waals surface area contributed by atoms with E-state index in [9.17, 15) is 10.2 Å². The fourth-order valence-electron chi connectivity index (χ4n) is 1.51. The summed E-state index contributed by atoms with van der Waals surface area (Å²) in [5, 5.41) is 18.4. The second-order valence-corrected chi connectivity index (χ2v) is 3.39. The standard InChI is InChI=1S/C8H18N2O2/c9-3-1-2-4-10-5-7(11)8(12)6-10/h7-8,11-12H,1-6,9H2. The minimum absolute atomic E-state index is 0.553. The van der Waals surface area contributed by atoms with Crippen molar-refractivity contribution in [3.05, 3.63) is 0 Å². The summed E-state index contributed by atoms with van der Waals surface area (Å²) in [4.78, 5) is 2.07. The molecule has 2 unspecified atom stereocenters. The van der Waals surface area contributed by atoms with Crippen molar-refractivity contribution in [3.63, 3.8) is 0 Å². The average molecular weight is 174 g/mol. The number of aliphatic hydroxyl groups excluding tert-OH is 2. The molecule has 1 fully saturated rings. The van der Waals surface area contributed by atoms with Crippen LogP contribution in [0.25, 0.3) is 0 Å². The monoisotopic (exact) mass is 174 g/mol. The highest BCUT2D eigenvalue weighted by Gasteiger charge is 2.28. The third-order valence-corrected chi connectivity index (χ3v) is 2.26. The summed E-state index contributed by atoms with van der Waals surface area (Å²) in [6, 6.07) is 0. The summed E-state index contributed by atoms with van der Waals surface area (Å²) in [5.74, 6) is 0. The number of hydrogen-bond donors (Lipinski definition) is 3. The highest BCUT2D eigenvalue weighted by atomic mass is 16.3. The summed E-state index contributed by atoms with van der Waals surface area (Å²) in [6.07, 6.45) is 0.962. The molecule has 0 radical (unpaired) electrons. The van der Waals surface area contributed by atoms with Crippen molar-refractivity contribution in [2.45, 2.75) is 25.0 Å². The Labute approximate surface area is 73.0 Å². The Morgan fingerprint density at radius 2 is 1.75 bits per heavy atom. The van der Waals surface area contributed by atoms with E-state index in [4.69, 9.17) is 5.73 Å². The maximum Gasteiger partial charge on any atom is 0.0938 e. The Hall–Kier alpha value is -0.160. The van der Waals surface area contributed by atoms with Gasteiger partial charge in [0.1, 0.15) is 0 Å². The largest absolute Gasteiger partial charge is 0.389 e. The summed E-state index contributed by atoms with van der Waals surface area (Å²) in [7, 11) is 0. The fraction of sp³-hybridized carbons (Fsp3) is 1.00. The van der Waals surface area contributed by atoms with E-state index in [2.05, 4.69) is 4.90 Å². The first-order valence-electron chi connectivity index (χ1n) is 4.52. The van der Waals surface area contributed by atoms with Gasteiger partial charge in [0, 0.05) is 13.1 Å². The zero-order valence-electron chi connectivity index (χ0n) is 7.32. The number of hydrogen-bond acceptors (Lipinski definition) is 4. The van der Waals surface area contributed by atoms with Gasteiger partial charge in [-0.3, -0.25) is 4.90 Å². The van der Waals surface area contributed by atoms with Gasteiger partial charge in [-0.2, -0.15) is 0 Å².